The maximum atomic E-state index is 11.4. The van der Waals surface area contributed by atoms with E-state index >= 15 is 0 Å². The number of hydrogen-bond donors (Lipinski definition) is 7. The molecule has 2 saturated heterocycles. The summed E-state index contributed by atoms with van der Waals surface area (Å²) in [6.45, 7) is -1.03. The minimum absolute atomic E-state index is 0.0272. The van der Waals surface area contributed by atoms with Crippen molar-refractivity contribution in [1.29, 1.82) is 0 Å². The molecule has 0 bridgehead atoms. The molecule has 0 spiro atoms. The Morgan fingerprint density at radius 3 is 2.29 bits per heavy atom. The number of aliphatic hydroxyl groups excluding tert-OH is 5. The van der Waals surface area contributed by atoms with E-state index in [1.54, 1.807) is 24.3 Å². The molecule has 0 amide bonds. The number of phenols is 1. The highest BCUT2D eigenvalue weighted by Crippen LogP contribution is 2.45. The van der Waals surface area contributed by atoms with Gasteiger partial charge in [-0.05, 0) is 35.4 Å². The van der Waals surface area contributed by atoms with Crippen LogP contribution in [0.15, 0.2) is 36.4 Å². The number of rotatable bonds is 9. The number of methoxy groups -OCH3 is 2. The van der Waals surface area contributed by atoms with Gasteiger partial charge in [0.25, 0.3) is 0 Å². The van der Waals surface area contributed by atoms with Crippen LogP contribution in [-0.4, -0.2) is 106 Å². The van der Waals surface area contributed by atoms with Gasteiger partial charge in [0.15, 0.2) is 23.0 Å². The zero-order chi connectivity index (χ0) is 27.6. The monoisotopic (exact) mass is 538 g/mol. The molecule has 2 aromatic rings. The topological polar surface area (TPSA) is 188 Å². The van der Waals surface area contributed by atoms with Crippen molar-refractivity contribution in [3.8, 4) is 23.0 Å². The van der Waals surface area contributed by atoms with Gasteiger partial charge in [0.05, 0.1) is 45.7 Å². The van der Waals surface area contributed by atoms with Crippen LogP contribution in [0.3, 0.4) is 0 Å². The van der Waals surface area contributed by atoms with Crippen molar-refractivity contribution in [3.63, 3.8) is 0 Å². The van der Waals surface area contributed by atoms with E-state index in [1.165, 1.54) is 26.4 Å². The quantitative estimate of drug-likeness (QED) is 0.212. The highest BCUT2D eigenvalue weighted by Gasteiger charge is 2.49. The highest BCUT2D eigenvalue weighted by molar-refractivity contribution is 5.45. The molecule has 4 rings (SSSR count). The van der Waals surface area contributed by atoms with E-state index in [1.807, 2.05) is 0 Å². The van der Waals surface area contributed by atoms with Gasteiger partial charge in [0, 0.05) is 12.3 Å². The lowest BCUT2D eigenvalue weighted by atomic mass is 9.80. The number of phenolic OH excluding ortho intramolecular Hbond substituents is 1. The molecule has 0 radical (unpaired) electrons. The first-order chi connectivity index (χ1) is 18.1. The van der Waals surface area contributed by atoms with Crippen LogP contribution in [0.2, 0.25) is 0 Å². The Morgan fingerprint density at radius 1 is 0.895 bits per heavy atom. The van der Waals surface area contributed by atoms with E-state index in [2.05, 4.69) is 0 Å². The van der Waals surface area contributed by atoms with Gasteiger partial charge < -0.3 is 59.4 Å². The molecule has 2 aliphatic heterocycles. The number of benzene rings is 2. The van der Waals surface area contributed by atoms with Crippen molar-refractivity contribution >= 4 is 0 Å². The van der Waals surface area contributed by atoms with E-state index in [0.717, 1.165) is 0 Å². The molecule has 2 fully saturated rings. The standard InChI is InChI=1S/C26H34O12/c1-34-18-7-13(3-5-16(18)29)9-26(33)12-36-24(15(26)10-27)14-4-6-17(19(8-14)35-2)37-25-23(32)22(31)21(30)20(11-28)38-25/h3-8,15,20-25,27-33H,9-12H2,1-2H3/t15-,20-,21-,22+,23-,24-,25-,26-/m0/s1. The second-order valence-electron chi connectivity index (χ2n) is 9.53. The molecule has 0 aromatic heterocycles. The van der Waals surface area contributed by atoms with Crippen molar-refractivity contribution in [2.24, 2.45) is 5.92 Å². The molecule has 210 valence electrons. The van der Waals surface area contributed by atoms with E-state index in [-0.39, 0.29) is 42.6 Å². The molecule has 2 aromatic carbocycles. The maximum absolute atomic E-state index is 11.4. The second kappa shape index (κ2) is 11.6. The summed E-state index contributed by atoms with van der Waals surface area (Å²) in [5, 5.41) is 71.2. The zero-order valence-electron chi connectivity index (χ0n) is 21.0. The van der Waals surface area contributed by atoms with Gasteiger partial charge in [-0.1, -0.05) is 12.1 Å². The molecule has 2 aliphatic rings. The summed E-state index contributed by atoms with van der Waals surface area (Å²) in [5.74, 6) is -0.101. The van der Waals surface area contributed by atoms with Crippen molar-refractivity contribution < 1.29 is 59.4 Å². The van der Waals surface area contributed by atoms with Crippen LogP contribution >= 0.6 is 0 Å². The fraction of sp³-hybridized carbons (Fsp3) is 0.538. The number of ether oxygens (including phenoxy) is 5. The highest BCUT2D eigenvalue weighted by atomic mass is 16.7. The molecule has 12 heteroatoms. The van der Waals surface area contributed by atoms with Gasteiger partial charge in [-0.2, -0.15) is 0 Å². The third-order valence-electron chi connectivity index (χ3n) is 7.13. The smallest absolute Gasteiger partial charge is 0.229 e. The molecule has 38 heavy (non-hydrogen) atoms. The van der Waals surface area contributed by atoms with Gasteiger partial charge in [0.2, 0.25) is 6.29 Å². The summed E-state index contributed by atoms with van der Waals surface area (Å²) >= 11 is 0. The van der Waals surface area contributed by atoms with Crippen molar-refractivity contribution in [2.45, 2.75) is 48.8 Å². The lowest BCUT2D eigenvalue weighted by molar-refractivity contribution is -0.277. The molecule has 0 unspecified atom stereocenters. The predicted octanol–water partition coefficient (Wildman–Crippen LogP) is -0.758. The SMILES string of the molecule is COc1cc(C[C@]2(O)CO[C@@H](c3ccc(O[C@H]4O[C@@H](CO)[C@H](O)[C@@H](O)[C@@H]4O)c(OC)c3)[C@@H]2CO)ccc1O. The van der Waals surface area contributed by atoms with Crippen LogP contribution < -0.4 is 14.2 Å². The molecule has 7 N–H and O–H groups in total. The molecular formula is C26H34O12. The van der Waals surface area contributed by atoms with Crippen LogP contribution in [0.1, 0.15) is 17.2 Å². The Morgan fingerprint density at radius 2 is 1.63 bits per heavy atom. The van der Waals surface area contributed by atoms with Gasteiger partial charge in [-0.3, -0.25) is 0 Å². The molecular weight excluding hydrogens is 504 g/mol. The number of hydrogen-bond acceptors (Lipinski definition) is 12. The summed E-state index contributed by atoms with van der Waals surface area (Å²) in [7, 11) is 2.82. The van der Waals surface area contributed by atoms with Gasteiger partial charge in [-0.15, -0.1) is 0 Å². The minimum Gasteiger partial charge on any atom is -0.504 e. The van der Waals surface area contributed by atoms with Crippen LogP contribution in [0.25, 0.3) is 0 Å². The Labute approximate surface area is 219 Å². The van der Waals surface area contributed by atoms with Crippen molar-refractivity contribution in [3.05, 3.63) is 47.5 Å². The molecule has 12 nitrogen and oxygen atoms in total. The van der Waals surface area contributed by atoms with Crippen LogP contribution in [0.4, 0.5) is 0 Å². The van der Waals surface area contributed by atoms with Gasteiger partial charge in [0.1, 0.15) is 24.4 Å². The molecule has 2 heterocycles. The normalized spacial score (nSPS) is 33.2. The Kier molecular flexibility index (Phi) is 8.65. The zero-order valence-corrected chi connectivity index (χ0v) is 21.0. The van der Waals surface area contributed by atoms with Crippen LogP contribution in [0, 0.1) is 5.92 Å². The predicted molar refractivity (Wildman–Crippen MR) is 130 cm³/mol. The first kappa shape index (κ1) is 28.3. The Balaban J connectivity index is 1.53. The molecule has 0 saturated carbocycles. The van der Waals surface area contributed by atoms with Crippen LogP contribution in [0.5, 0.6) is 23.0 Å². The van der Waals surface area contributed by atoms with E-state index in [0.29, 0.717) is 11.1 Å². The van der Waals surface area contributed by atoms with E-state index in [9.17, 15) is 35.7 Å². The van der Waals surface area contributed by atoms with Gasteiger partial charge in [-0.25, -0.2) is 0 Å². The Bertz CT molecular complexity index is 1090. The van der Waals surface area contributed by atoms with Crippen LogP contribution in [-0.2, 0) is 15.9 Å². The van der Waals surface area contributed by atoms with E-state index < -0.39 is 54.9 Å². The average Bonchev–Trinajstić information content (AvgIpc) is 3.25. The summed E-state index contributed by atoms with van der Waals surface area (Å²) in [6, 6.07) is 9.51. The first-order valence-corrected chi connectivity index (χ1v) is 12.1. The Hall–Kier alpha value is -2.68. The minimum atomic E-state index is -1.60. The fourth-order valence-corrected chi connectivity index (χ4v) is 4.95. The summed E-state index contributed by atoms with van der Waals surface area (Å²) in [5.41, 5.74) is -0.146. The summed E-state index contributed by atoms with van der Waals surface area (Å²) in [6.07, 6.45) is -7.80. The fourth-order valence-electron chi connectivity index (χ4n) is 4.95. The second-order valence-corrected chi connectivity index (χ2v) is 9.53. The van der Waals surface area contributed by atoms with Crippen molar-refractivity contribution in [2.75, 3.05) is 34.0 Å². The average molecular weight is 539 g/mol. The van der Waals surface area contributed by atoms with Gasteiger partial charge >= 0.3 is 0 Å². The lowest BCUT2D eigenvalue weighted by Crippen LogP contribution is -2.60. The summed E-state index contributed by atoms with van der Waals surface area (Å²) < 4.78 is 27.6. The first-order valence-electron chi connectivity index (χ1n) is 12.1. The maximum Gasteiger partial charge on any atom is 0.229 e. The summed E-state index contributed by atoms with van der Waals surface area (Å²) in [4.78, 5) is 0. The number of aliphatic hydroxyl groups is 6. The van der Waals surface area contributed by atoms with E-state index in [4.69, 9.17) is 23.7 Å². The van der Waals surface area contributed by atoms with Crippen molar-refractivity contribution in [1.82, 2.24) is 0 Å². The third kappa shape index (κ3) is 5.40. The number of aromatic hydroxyl groups is 1. The largest absolute Gasteiger partial charge is 0.504 e. The third-order valence-corrected chi connectivity index (χ3v) is 7.13. The molecule has 8 atom stereocenters. The molecule has 0 aliphatic carbocycles. The lowest BCUT2D eigenvalue weighted by Gasteiger charge is -2.39.